The van der Waals surface area contributed by atoms with Crippen LogP contribution in [0.4, 0.5) is 0 Å². The molecule has 0 fully saturated rings. The van der Waals surface area contributed by atoms with Gasteiger partial charge in [-0.25, -0.2) is 0 Å². The van der Waals surface area contributed by atoms with Crippen LogP contribution in [-0.4, -0.2) is 10.8 Å². The first-order valence-electron chi connectivity index (χ1n) is 4.55. The smallest absolute Gasteiger partial charge is 0.181 e. The quantitative estimate of drug-likeness (QED) is 0.664. The van der Waals surface area contributed by atoms with Crippen LogP contribution in [0, 0.1) is 12.8 Å². The molecule has 0 spiro atoms. The van der Waals surface area contributed by atoms with Gasteiger partial charge in [-0.1, -0.05) is 13.8 Å². The monoisotopic (exact) mass is 177 g/mol. The summed E-state index contributed by atoms with van der Waals surface area (Å²) in [5.41, 5.74) is 1.68. The van der Waals surface area contributed by atoms with Gasteiger partial charge in [-0.2, -0.15) is 0 Å². The first kappa shape index (κ1) is 9.90. The molecule has 0 atom stereocenters. The first-order chi connectivity index (χ1) is 6.09. The number of nitrogens with zero attached hydrogens (tertiary/aromatic N) is 1. The average molecular weight is 177 g/mol. The fourth-order valence-corrected chi connectivity index (χ4v) is 1.16. The molecule has 1 aromatic heterocycles. The Labute approximate surface area is 79.0 Å². The third-order valence-corrected chi connectivity index (χ3v) is 1.79. The summed E-state index contributed by atoms with van der Waals surface area (Å²) in [6, 6.07) is 3.73. The maximum atomic E-state index is 11.5. The largest absolute Gasteiger partial charge is 0.292 e. The molecule has 13 heavy (non-hydrogen) atoms. The zero-order valence-electron chi connectivity index (χ0n) is 8.37. The highest BCUT2D eigenvalue weighted by Crippen LogP contribution is 2.08. The van der Waals surface area contributed by atoms with E-state index in [-0.39, 0.29) is 5.78 Å². The zero-order valence-corrected chi connectivity index (χ0v) is 8.37. The topological polar surface area (TPSA) is 30.0 Å². The van der Waals surface area contributed by atoms with Crippen LogP contribution in [0.5, 0.6) is 0 Å². The summed E-state index contributed by atoms with van der Waals surface area (Å²) >= 11 is 0. The number of hydrogen-bond donors (Lipinski definition) is 0. The van der Waals surface area contributed by atoms with Crippen LogP contribution in [-0.2, 0) is 0 Å². The number of Topliss-reactive ketones (excluding diaryl/α,β-unsaturated/α-hetero) is 1. The number of carbonyl (C=O) groups excluding carboxylic acids is 1. The Hall–Kier alpha value is -1.18. The number of aryl methyl sites for hydroxylation is 1. The molecule has 2 nitrogen and oxygen atoms in total. The Bertz CT molecular complexity index is 305. The van der Waals surface area contributed by atoms with Crippen molar-refractivity contribution in [2.45, 2.75) is 27.2 Å². The summed E-state index contributed by atoms with van der Waals surface area (Å²) in [4.78, 5) is 15.6. The third kappa shape index (κ3) is 2.98. The predicted octanol–water partition coefficient (Wildman–Crippen LogP) is 2.62. The second kappa shape index (κ2) is 4.17. The molecule has 0 saturated heterocycles. The zero-order chi connectivity index (χ0) is 9.84. The second-order valence-electron chi connectivity index (χ2n) is 3.74. The number of ketones is 1. The molecule has 0 aliphatic heterocycles. The first-order valence-corrected chi connectivity index (χ1v) is 4.55. The van der Waals surface area contributed by atoms with Crippen LogP contribution in [0.15, 0.2) is 18.3 Å². The lowest BCUT2D eigenvalue weighted by molar-refractivity contribution is 0.0963. The van der Waals surface area contributed by atoms with E-state index >= 15 is 0 Å². The van der Waals surface area contributed by atoms with E-state index in [1.54, 1.807) is 6.20 Å². The van der Waals surface area contributed by atoms with E-state index in [2.05, 4.69) is 4.98 Å². The van der Waals surface area contributed by atoms with Gasteiger partial charge in [0.25, 0.3) is 0 Å². The van der Waals surface area contributed by atoms with Gasteiger partial charge in [0, 0.05) is 12.6 Å². The minimum absolute atomic E-state index is 0.138. The third-order valence-electron chi connectivity index (χ3n) is 1.79. The molecule has 0 amide bonds. The molecule has 0 radical (unpaired) electrons. The Morgan fingerprint density at radius 3 is 2.77 bits per heavy atom. The molecule has 0 N–H and O–H groups in total. The van der Waals surface area contributed by atoms with E-state index in [0.29, 0.717) is 18.0 Å². The minimum atomic E-state index is 0.138. The number of pyridine rings is 1. The molecule has 0 unspecified atom stereocenters. The van der Waals surface area contributed by atoms with Crippen molar-refractivity contribution in [1.82, 2.24) is 4.98 Å². The molecule has 1 rings (SSSR count). The van der Waals surface area contributed by atoms with Gasteiger partial charge in [0.15, 0.2) is 5.78 Å². The molecular formula is C11H15NO. The van der Waals surface area contributed by atoms with Crippen LogP contribution in [0.2, 0.25) is 0 Å². The second-order valence-corrected chi connectivity index (χ2v) is 3.74. The Balaban J connectivity index is 2.77. The van der Waals surface area contributed by atoms with Gasteiger partial charge >= 0.3 is 0 Å². The molecule has 70 valence electrons. The highest BCUT2D eigenvalue weighted by Gasteiger charge is 2.08. The predicted molar refractivity (Wildman–Crippen MR) is 52.8 cm³/mol. The lowest BCUT2D eigenvalue weighted by atomic mass is 10.0. The van der Waals surface area contributed by atoms with E-state index in [1.165, 1.54) is 0 Å². The van der Waals surface area contributed by atoms with Crippen LogP contribution in [0.1, 0.15) is 36.3 Å². The lowest BCUT2D eigenvalue weighted by Crippen LogP contribution is -2.05. The van der Waals surface area contributed by atoms with E-state index in [0.717, 1.165) is 5.56 Å². The maximum Gasteiger partial charge on any atom is 0.181 e. The Morgan fingerprint density at radius 1 is 1.54 bits per heavy atom. The normalized spacial score (nSPS) is 10.5. The SMILES string of the molecule is Cc1ccnc(C(=O)CC(C)C)c1. The Kier molecular flexibility index (Phi) is 3.18. The van der Waals surface area contributed by atoms with E-state index in [4.69, 9.17) is 0 Å². The summed E-state index contributed by atoms with van der Waals surface area (Å²) < 4.78 is 0. The van der Waals surface area contributed by atoms with E-state index < -0.39 is 0 Å². The van der Waals surface area contributed by atoms with Gasteiger partial charge in [0.1, 0.15) is 5.69 Å². The van der Waals surface area contributed by atoms with Crippen molar-refractivity contribution in [1.29, 1.82) is 0 Å². The maximum absolute atomic E-state index is 11.5. The molecule has 2 heteroatoms. The van der Waals surface area contributed by atoms with Gasteiger partial charge in [0.2, 0.25) is 0 Å². The van der Waals surface area contributed by atoms with E-state index in [1.807, 2.05) is 32.9 Å². The van der Waals surface area contributed by atoms with Gasteiger partial charge in [-0.05, 0) is 30.5 Å². The number of hydrogen-bond acceptors (Lipinski definition) is 2. The summed E-state index contributed by atoms with van der Waals surface area (Å²) in [6.45, 7) is 6.04. The van der Waals surface area contributed by atoms with Gasteiger partial charge in [0.05, 0.1) is 0 Å². The molecule has 1 heterocycles. The molecular weight excluding hydrogens is 162 g/mol. The van der Waals surface area contributed by atoms with Crippen LogP contribution in [0.25, 0.3) is 0 Å². The lowest BCUT2D eigenvalue weighted by Gasteiger charge is -2.03. The fraction of sp³-hybridized carbons (Fsp3) is 0.455. The van der Waals surface area contributed by atoms with Crippen molar-refractivity contribution < 1.29 is 4.79 Å². The minimum Gasteiger partial charge on any atom is -0.292 e. The molecule has 0 aliphatic rings. The summed E-state index contributed by atoms with van der Waals surface area (Å²) in [5.74, 6) is 0.536. The van der Waals surface area contributed by atoms with Crippen molar-refractivity contribution in [3.8, 4) is 0 Å². The van der Waals surface area contributed by atoms with Crippen LogP contribution < -0.4 is 0 Å². The molecule has 0 bridgehead atoms. The number of rotatable bonds is 3. The summed E-state index contributed by atoms with van der Waals surface area (Å²) in [6.07, 6.45) is 2.26. The molecule has 0 aliphatic carbocycles. The number of aromatic nitrogens is 1. The molecule has 1 aromatic rings. The van der Waals surface area contributed by atoms with Crippen molar-refractivity contribution >= 4 is 5.78 Å². The van der Waals surface area contributed by atoms with Gasteiger partial charge in [-0.15, -0.1) is 0 Å². The average Bonchev–Trinajstić information content (AvgIpc) is 2.03. The van der Waals surface area contributed by atoms with Gasteiger partial charge < -0.3 is 0 Å². The van der Waals surface area contributed by atoms with Crippen molar-refractivity contribution in [3.05, 3.63) is 29.6 Å². The highest BCUT2D eigenvalue weighted by molar-refractivity contribution is 5.94. The summed E-state index contributed by atoms with van der Waals surface area (Å²) in [5, 5.41) is 0. The Morgan fingerprint density at radius 2 is 2.23 bits per heavy atom. The van der Waals surface area contributed by atoms with Crippen molar-refractivity contribution in [3.63, 3.8) is 0 Å². The fourth-order valence-electron chi connectivity index (χ4n) is 1.16. The highest BCUT2D eigenvalue weighted by atomic mass is 16.1. The molecule has 0 aromatic carbocycles. The van der Waals surface area contributed by atoms with Gasteiger partial charge in [-0.3, -0.25) is 9.78 Å². The van der Waals surface area contributed by atoms with Crippen LogP contribution >= 0.6 is 0 Å². The summed E-state index contributed by atoms with van der Waals surface area (Å²) in [7, 11) is 0. The molecule has 0 saturated carbocycles. The number of carbonyl (C=O) groups is 1. The van der Waals surface area contributed by atoms with Crippen molar-refractivity contribution in [2.24, 2.45) is 5.92 Å². The van der Waals surface area contributed by atoms with Crippen LogP contribution in [0.3, 0.4) is 0 Å². The van der Waals surface area contributed by atoms with E-state index in [9.17, 15) is 4.79 Å². The van der Waals surface area contributed by atoms with Crippen molar-refractivity contribution in [2.75, 3.05) is 0 Å². The standard InChI is InChI=1S/C11H15NO/c1-8(2)6-11(13)10-7-9(3)4-5-12-10/h4-5,7-8H,6H2,1-3H3.